The highest BCUT2D eigenvalue weighted by molar-refractivity contribution is 5.78. The van der Waals surface area contributed by atoms with Crippen LogP contribution in [0.15, 0.2) is 18.2 Å². The summed E-state index contributed by atoms with van der Waals surface area (Å²) in [6.45, 7) is 6.08. The fraction of sp³-hybridized carbons (Fsp3) is 0.611. The molecule has 2 rings (SSSR count). The maximum Gasteiger partial charge on any atom is 0.223 e. The Labute approximate surface area is 131 Å². The van der Waals surface area contributed by atoms with E-state index in [1.807, 2.05) is 13.8 Å². The van der Waals surface area contributed by atoms with Crippen molar-refractivity contribution in [1.82, 2.24) is 5.32 Å². The molecule has 0 spiro atoms. The molecule has 1 N–H and O–H groups in total. The molecule has 1 amide bonds. The van der Waals surface area contributed by atoms with Crippen molar-refractivity contribution >= 4 is 5.91 Å². The fourth-order valence-corrected chi connectivity index (χ4v) is 2.95. The highest BCUT2D eigenvalue weighted by atomic mass is 19.1. The van der Waals surface area contributed by atoms with Crippen molar-refractivity contribution in [1.29, 1.82) is 0 Å². The van der Waals surface area contributed by atoms with Crippen LogP contribution in [0, 0.1) is 29.4 Å². The van der Waals surface area contributed by atoms with E-state index in [0.29, 0.717) is 30.2 Å². The van der Waals surface area contributed by atoms with E-state index in [0.717, 1.165) is 12.5 Å². The van der Waals surface area contributed by atoms with E-state index in [9.17, 15) is 13.6 Å². The quantitative estimate of drug-likeness (QED) is 0.808. The summed E-state index contributed by atoms with van der Waals surface area (Å²) in [6, 6.07) is 3.68. The monoisotopic (exact) mass is 309 g/mol. The average Bonchev–Trinajstić information content (AvgIpc) is 3.08. The van der Waals surface area contributed by atoms with Crippen molar-refractivity contribution in [3.8, 4) is 0 Å². The molecule has 0 heterocycles. The Morgan fingerprint density at radius 1 is 1.27 bits per heavy atom. The van der Waals surface area contributed by atoms with Gasteiger partial charge in [0.15, 0.2) is 0 Å². The molecule has 0 bridgehead atoms. The molecule has 1 aromatic carbocycles. The minimum absolute atomic E-state index is 0.0611. The van der Waals surface area contributed by atoms with Crippen LogP contribution in [0.2, 0.25) is 0 Å². The maximum absolute atomic E-state index is 13.2. The van der Waals surface area contributed by atoms with E-state index in [-0.39, 0.29) is 17.9 Å². The Morgan fingerprint density at radius 2 is 1.86 bits per heavy atom. The number of rotatable bonds is 7. The molecule has 1 aliphatic carbocycles. The highest BCUT2D eigenvalue weighted by Gasteiger charge is 2.36. The largest absolute Gasteiger partial charge is 0.354 e. The molecule has 1 saturated carbocycles. The zero-order valence-electron chi connectivity index (χ0n) is 13.5. The lowest BCUT2D eigenvalue weighted by atomic mass is 9.92. The third-order valence-electron chi connectivity index (χ3n) is 4.37. The third kappa shape index (κ3) is 5.08. The van der Waals surface area contributed by atoms with Crippen LogP contribution >= 0.6 is 0 Å². The van der Waals surface area contributed by atoms with Crippen LogP contribution in [0.1, 0.15) is 45.6 Å². The molecule has 0 aromatic heterocycles. The first-order valence-corrected chi connectivity index (χ1v) is 8.10. The third-order valence-corrected chi connectivity index (χ3v) is 4.37. The molecule has 1 fully saturated rings. The van der Waals surface area contributed by atoms with Crippen LogP contribution in [0.25, 0.3) is 0 Å². The normalized spacial score (nSPS) is 21.7. The topological polar surface area (TPSA) is 29.1 Å². The summed E-state index contributed by atoms with van der Waals surface area (Å²) in [6.07, 6.45) is 3.20. The lowest BCUT2D eigenvalue weighted by Gasteiger charge is -2.18. The van der Waals surface area contributed by atoms with E-state index in [1.54, 1.807) is 0 Å². The second kappa shape index (κ2) is 7.21. The molecular weight excluding hydrogens is 284 g/mol. The average molecular weight is 309 g/mol. The van der Waals surface area contributed by atoms with E-state index in [1.165, 1.54) is 18.6 Å². The van der Waals surface area contributed by atoms with E-state index in [4.69, 9.17) is 0 Å². The lowest BCUT2D eigenvalue weighted by molar-refractivity contribution is -0.126. The molecule has 22 heavy (non-hydrogen) atoms. The smallest absolute Gasteiger partial charge is 0.223 e. The summed E-state index contributed by atoms with van der Waals surface area (Å²) in [5.74, 6) is 0.172. The Bertz CT molecular complexity index is 510. The molecule has 2 nitrogen and oxygen atoms in total. The standard InChI is InChI=1S/C18H25F2NO/c1-11(2)21-18(22)14(9-15-6-12(15)3)5-4-13-7-16(19)10-17(20)8-13/h7-8,10-12,14-15H,4-6,9H2,1-3H3,(H,21,22). The molecule has 4 heteroatoms. The van der Waals surface area contributed by atoms with Gasteiger partial charge in [-0.3, -0.25) is 4.79 Å². The Morgan fingerprint density at radius 3 is 2.36 bits per heavy atom. The summed E-state index contributed by atoms with van der Waals surface area (Å²) in [5.41, 5.74) is 0.615. The maximum atomic E-state index is 13.2. The number of carbonyl (C=O) groups excluding carboxylic acids is 1. The van der Waals surface area contributed by atoms with Gasteiger partial charge in [-0.15, -0.1) is 0 Å². The van der Waals surface area contributed by atoms with Gasteiger partial charge in [0.2, 0.25) is 5.91 Å². The van der Waals surface area contributed by atoms with Crippen LogP contribution in [-0.4, -0.2) is 11.9 Å². The predicted molar refractivity (Wildman–Crippen MR) is 83.3 cm³/mol. The second-order valence-corrected chi connectivity index (χ2v) is 6.89. The van der Waals surface area contributed by atoms with Gasteiger partial charge >= 0.3 is 0 Å². The highest BCUT2D eigenvalue weighted by Crippen LogP contribution is 2.43. The van der Waals surface area contributed by atoms with Gasteiger partial charge in [0.1, 0.15) is 11.6 Å². The minimum atomic E-state index is -0.561. The Hall–Kier alpha value is -1.45. The summed E-state index contributed by atoms with van der Waals surface area (Å²) in [5, 5.41) is 2.96. The van der Waals surface area contributed by atoms with Crippen molar-refractivity contribution in [2.45, 2.75) is 52.5 Å². The van der Waals surface area contributed by atoms with Crippen LogP contribution in [0.4, 0.5) is 8.78 Å². The van der Waals surface area contributed by atoms with Crippen LogP contribution in [-0.2, 0) is 11.2 Å². The van der Waals surface area contributed by atoms with Crippen molar-refractivity contribution in [3.63, 3.8) is 0 Å². The van der Waals surface area contributed by atoms with Crippen molar-refractivity contribution in [3.05, 3.63) is 35.4 Å². The molecule has 0 saturated heterocycles. The molecular formula is C18H25F2NO. The molecule has 1 aliphatic rings. The first-order chi connectivity index (χ1) is 10.3. The number of hydrogen-bond acceptors (Lipinski definition) is 1. The summed E-state index contributed by atoms with van der Waals surface area (Å²) in [7, 11) is 0. The van der Waals surface area contributed by atoms with Gasteiger partial charge in [-0.2, -0.15) is 0 Å². The number of carbonyl (C=O) groups is 1. The van der Waals surface area contributed by atoms with Gasteiger partial charge in [-0.1, -0.05) is 6.92 Å². The van der Waals surface area contributed by atoms with Gasteiger partial charge in [0.05, 0.1) is 0 Å². The Kier molecular flexibility index (Phi) is 5.54. The molecule has 0 radical (unpaired) electrons. The van der Waals surface area contributed by atoms with Gasteiger partial charge in [0, 0.05) is 18.0 Å². The Balaban J connectivity index is 1.97. The zero-order valence-corrected chi connectivity index (χ0v) is 13.5. The van der Waals surface area contributed by atoms with Crippen LogP contribution in [0.3, 0.4) is 0 Å². The molecule has 1 aromatic rings. The van der Waals surface area contributed by atoms with Crippen LogP contribution in [0.5, 0.6) is 0 Å². The van der Waals surface area contributed by atoms with E-state index >= 15 is 0 Å². The number of halogens is 2. The number of hydrogen-bond donors (Lipinski definition) is 1. The number of aryl methyl sites for hydroxylation is 1. The van der Waals surface area contributed by atoms with Crippen molar-refractivity contribution < 1.29 is 13.6 Å². The second-order valence-electron chi connectivity index (χ2n) is 6.89. The van der Waals surface area contributed by atoms with Crippen LogP contribution < -0.4 is 5.32 Å². The first kappa shape index (κ1) is 16.9. The first-order valence-electron chi connectivity index (χ1n) is 8.10. The SMILES string of the molecule is CC(C)NC(=O)C(CCc1cc(F)cc(F)c1)CC1CC1C. The minimum Gasteiger partial charge on any atom is -0.354 e. The fourth-order valence-electron chi connectivity index (χ4n) is 2.95. The van der Waals surface area contributed by atoms with E-state index < -0.39 is 11.6 Å². The molecule has 3 atom stereocenters. The van der Waals surface area contributed by atoms with Gasteiger partial charge in [-0.25, -0.2) is 8.78 Å². The molecule has 122 valence electrons. The predicted octanol–water partition coefficient (Wildman–Crippen LogP) is 4.08. The van der Waals surface area contributed by atoms with Gasteiger partial charge < -0.3 is 5.32 Å². The summed E-state index contributed by atoms with van der Waals surface area (Å²) >= 11 is 0. The molecule has 3 unspecified atom stereocenters. The molecule has 0 aliphatic heterocycles. The number of amides is 1. The van der Waals surface area contributed by atoms with Crippen molar-refractivity contribution in [2.24, 2.45) is 17.8 Å². The summed E-state index contributed by atoms with van der Waals surface area (Å²) in [4.78, 5) is 12.3. The zero-order chi connectivity index (χ0) is 16.3. The summed E-state index contributed by atoms with van der Waals surface area (Å²) < 4.78 is 26.5. The number of nitrogens with one attached hydrogen (secondary N) is 1. The van der Waals surface area contributed by atoms with E-state index in [2.05, 4.69) is 12.2 Å². The van der Waals surface area contributed by atoms with Gasteiger partial charge in [-0.05, 0) is 69.1 Å². The van der Waals surface area contributed by atoms with Gasteiger partial charge in [0.25, 0.3) is 0 Å². The lowest BCUT2D eigenvalue weighted by Crippen LogP contribution is -2.36. The number of benzene rings is 1. The van der Waals surface area contributed by atoms with Crippen molar-refractivity contribution in [2.75, 3.05) is 0 Å².